The first kappa shape index (κ1) is 32.5. The van der Waals surface area contributed by atoms with Crippen molar-refractivity contribution in [3.05, 3.63) is 83.9 Å². The number of methoxy groups -OCH3 is 2. The molecule has 0 bridgehead atoms. The zero-order valence-corrected chi connectivity index (χ0v) is 26.0. The lowest BCUT2D eigenvalue weighted by Crippen LogP contribution is -2.54. The third kappa shape index (κ3) is 8.03. The van der Waals surface area contributed by atoms with Crippen LogP contribution in [-0.2, 0) is 26.0 Å². The molecule has 3 aromatic carbocycles. The van der Waals surface area contributed by atoms with Gasteiger partial charge < -0.3 is 19.7 Å². The standard InChI is InChI=1S/C32H41N3O6S/c1-7-28(32(37)33-23(2)3)34(20-19-25-11-9-8-10-12-25)31(36)22-35(26-15-18-29(40-5)30(21-26)41-6)42(38,39)27-16-13-24(4)14-17-27/h8-18,21,23,28H,7,19-20,22H2,1-6H3,(H,33,37)/t28-/m1/s1. The second-order valence-corrected chi connectivity index (χ2v) is 12.1. The van der Waals surface area contributed by atoms with Crippen LogP contribution in [-0.4, -0.2) is 64.5 Å². The molecule has 0 saturated heterocycles. The Morgan fingerprint density at radius 1 is 0.905 bits per heavy atom. The van der Waals surface area contributed by atoms with Crippen LogP contribution in [0.4, 0.5) is 5.69 Å². The molecule has 0 saturated carbocycles. The highest BCUT2D eigenvalue weighted by atomic mass is 32.2. The summed E-state index contributed by atoms with van der Waals surface area (Å²) < 4.78 is 39.9. The van der Waals surface area contributed by atoms with Crippen molar-refractivity contribution < 1.29 is 27.5 Å². The molecule has 0 spiro atoms. The molecule has 226 valence electrons. The summed E-state index contributed by atoms with van der Waals surface area (Å²) in [7, 11) is -1.25. The fraction of sp³-hybridized carbons (Fsp3) is 0.375. The van der Waals surface area contributed by atoms with Crippen LogP contribution in [0.5, 0.6) is 11.5 Å². The van der Waals surface area contributed by atoms with Crippen LogP contribution in [0.2, 0.25) is 0 Å². The number of carbonyl (C=O) groups is 2. The smallest absolute Gasteiger partial charge is 0.264 e. The van der Waals surface area contributed by atoms with E-state index in [-0.39, 0.29) is 29.1 Å². The number of sulfonamides is 1. The number of nitrogens with zero attached hydrogens (tertiary/aromatic N) is 2. The zero-order chi connectivity index (χ0) is 30.9. The van der Waals surface area contributed by atoms with Gasteiger partial charge in [-0.1, -0.05) is 55.0 Å². The Balaban J connectivity index is 2.07. The van der Waals surface area contributed by atoms with Crippen molar-refractivity contribution in [1.29, 1.82) is 0 Å². The average molecular weight is 596 g/mol. The van der Waals surface area contributed by atoms with Gasteiger partial charge in [0, 0.05) is 18.7 Å². The second-order valence-electron chi connectivity index (χ2n) is 10.3. The zero-order valence-electron chi connectivity index (χ0n) is 25.2. The van der Waals surface area contributed by atoms with Gasteiger partial charge in [0.1, 0.15) is 12.6 Å². The Kier molecular flexibility index (Phi) is 11.4. The van der Waals surface area contributed by atoms with E-state index < -0.39 is 28.5 Å². The van der Waals surface area contributed by atoms with Gasteiger partial charge in [0.15, 0.2) is 11.5 Å². The van der Waals surface area contributed by atoms with Crippen molar-refractivity contribution in [1.82, 2.24) is 10.2 Å². The molecule has 1 atom stereocenters. The molecule has 1 N–H and O–H groups in total. The minimum atomic E-state index is -4.19. The molecule has 0 aliphatic carbocycles. The summed E-state index contributed by atoms with van der Waals surface area (Å²) in [6.45, 7) is 7.12. The summed E-state index contributed by atoms with van der Waals surface area (Å²) >= 11 is 0. The molecule has 9 nitrogen and oxygen atoms in total. The lowest BCUT2D eigenvalue weighted by atomic mass is 10.1. The van der Waals surface area contributed by atoms with Gasteiger partial charge in [-0.3, -0.25) is 13.9 Å². The summed E-state index contributed by atoms with van der Waals surface area (Å²) in [5.41, 5.74) is 2.12. The van der Waals surface area contributed by atoms with E-state index in [2.05, 4.69) is 5.32 Å². The number of hydrogen-bond acceptors (Lipinski definition) is 6. The van der Waals surface area contributed by atoms with Crippen LogP contribution in [0.1, 0.15) is 38.3 Å². The normalized spacial score (nSPS) is 12.0. The largest absolute Gasteiger partial charge is 0.493 e. The first-order valence-electron chi connectivity index (χ1n) is 14.0. The van der Waals surface area contributed by atoms with Crippen molar-refractivity contribution in [2.24, 2.45) is 0 Å². The van der Waals surface area contributed by atoms with Crippen LogP contribution in [0.25, 0.3) is 0 Å². The van der Waals surface area contributed by atoms with Crippen LogP contribution in [0.3, 0.4) is 0 Å². The molecule has 0 radical (unpaired) electrons. The van der Waals surface area contributed by atoms with Crippen molar-refractivity contribution in [2.75, 3.05) is 31.6 Å². The molecule has 3 rings (SSSR count). The first-order valence-corrected chi connectivity index (χ1v) is 15.4. The number of ether oxygens (including phenoxy) is 2. The number of anilines is 1. The molecule has 0 aromatic heterocycles. The first-order chi connectivity index (χ1) is 20.0. The topological polar surface area (TPSA) is 105 Å². The number of benzene rings is 3. The van der Waals surface area contributed by atoms with E-state index in [1.807, 2.05) is 58.0 Å². The number of carbonyl (C=O) groups excluding carboxylic acids is 2. The van der Waals surface area contributed by atoms with Gasteiger partial charge in [-0.05, 0) is 63.4 Å². The fourth-order valence-electron chi connectivity index (χ4n) is 4.62. The van der Waals surface area contributed by atoms with E-state index in [9.17, 15) is 18.0 Å². The van der Waals surface area contributed by atoms with Gasteiger partial charge in [0.25, 0.3) is 10.0 Å². The molecule has 42 heavy (non-hydrogen) atoms. The van der Waals surface area contributed by atoms with Crippen LogP contribution in [0, 0.1) is 6.92 Å². The van der Waals surface area contributed by atoms with Gasteiger partial charge in [-0.2, -0.15) is 0 Å². The van der Waals surface area contributed by atoms with E-state index in [4.69, 9.17) is 9.47 Å². The predicted octanol–water partition coefficient (Wildman–Crippen LogP) is 4.58. The van der Waals surface area contributed by atoms with E-state index in [0.717, 1.165) is 15.4 Å². The summed E-state index contributed by atoms with van der Waals surface area (Å²) in [6.07, 6.45) is 0.860. The Hall–Kier alpha value is -4.05. The monoisotopic (exact) mass is 595 g/mol. The quantitative estimate of drug-likeness (QED) is 0.293. The average Bonchev–Trinajstić information content (AvgIpc) is 2.97. The highest BCUT2D eigenvalue weighted by Gasteiger charge is 2.34. The third-order valence-corrected chi connectivity index (χ3v) is 8.63. The van der Waals surface area contributed by atoms with Crippen LogP contribution >= 0.6 is 0 Å². The molecule has 0 fully saturated rings. The maximum absolute atomic E-state index is 14.1. The summed E-state index contributed by atoms with van der Waals surface area (Å²) in [5, 5.41) is 2.91. The lowest BCUT2D eigenvalue weighted by Gasteiger charge is -2.33. The second kappa shape index (κ2) is 14.7. The van der Waals surface area contributed by atoms with Gasteiger partial charge in [0.05, 0.1) is 24.8 Å². The van der Waals surface area contributed by atoms with E-state index in [1.165, 1.54) is 37.3 Å². The van der Waals surface area contributed by atoms with Crippen LogP contribution < -0.4 is 19.1 Å². The molecule has 0 unspecified atom stereocenters. The summed E-state index contributed by atoms with van der Waals surface area (Å²) in [6, 6.07) is 19.9. The number of hydrogen-bond donors (Lipinski definition) is 1. The molecule has 0 aliphatic rings. The Morgan fingerprint density at radius 3 is 2.12 bits per heavy atom. The van der Waals surface area contributed by atoms with Crippen molar-refractivity contribution in [3.63, 3.8) is 0 Å². The molecule has 10 heteroatoms. The van der Waals surface area contributed by atoms with Gasteiger partial charge >= 0.3 is 0 Å². The molecule has 0 aliphatic heterocycles. The Morgan fingerprint density at radius 2 is 1.55 bits per heavy atom. The number of amides is 2. The van der Waals surface area contributed by atoms with E-state index in [1.54, 1.807) is 24.3 Å². The predicted molar refractivity (Wildman–Crippen MR) is 164 cm³/mol. The minimum Gasteiger partial charge on any atom is -0.493 e. The van der Waals surface area contributed by atoms with Gasteiger partial charge in [-0.15, -0.1) is 0 Å². The Bertz CT molecular complexity index is 1440. The number of aryl methyl sites for hydroxylation is 1. The molecule has 0 heterocycles. The van der Waals surface area contributed by atoms with E-state index in [0.29, 0.717) is 24.3 Å². The van der Waals surface area contributed by atoms with Crippen molar-refractivity contribution in [3.8, 4) is 11.5 Å². The maximum Gasteiger partial charge on any atom is 0.264 e. The maximum atomic E-state index is 14.1. The van der Waals surface area contributed by atoms with Gasteiger partial charge in [-0.25, -0.2) is 8.42 Å². The Labute approximate surface area is 249 Å². The fourth-order valence-corrected chi connectivity index (χ4v) is 6.03. The molecular formula is C32H41N3O6S. The highest BCUT2D eigenvalue weighted by molar-refractivity contribution is 7.92. The van der Waals surface area contributed by atoms with Crippen molar-refractivity contribution >= 4 is 27.5 Å². The summed E-state index contributed by atoms with van der Waals surface area (Å²) in [4.78, 5) is 28.9. The summed E-state index contributed by atoms with van der Waals surface area (Å²) in [5.74, 6) is -0.0495. The molecular weight excluding hydrogens is 554 g/mol. The van der Waals surface area contributed by atoms with E-state index >= 15 is 0 Å². The van der Waals surface area contributed by atoms with Crippen LogP contribution in [0.15, 0.2) is 77.7 Å². The third-order valence-electron chi connectivity index (χ3n) is 6.84. The minimum absolute atomic E-state index is 0.0381. The number of rotatable bonds is 14. The number of nitrogens with one attached hydrogen (secondary N) is 1. The lowest BCUT2D eigenvalue weighted by molar-refractivity contribution is -0.139. The SMILES string of the molecule is CC[C@H](C(=O)NC(C)C)N(CCc1ccccc1)C(=O)CN(c1ccc(OC)c(OC)c1)S(=O)(=O)c1ccc(C)cc1. The highest BCUT2D eigenvalue weighted by Crippen LogP contribution is 2.34. The van der Waals surface area contributed by atoms with Crippen molar-refractivity contribution in [2.45, 2.75) is 57.5 Å². The van der Waals surface area contributed by atoms with Gasteiger partial charge in [0.2, 0.25) is 11.8 Å². The molecule has 3 aromatic rings. The molecule has 2 amide bonds.